The number of nitrogens with one attached hydrogen (secondary N) is 1. The number of nitrogens with zero attached hydrogens (tertiary/aromatic N) is 1. The first kappa shape index (κ1) is 21.7. The standard InChI is InChI=1S/C21H25N3O5/c1-4-14-7-5-6-8-16(14)23-20(26)12-24(2)21(27)15-9-10-17(18(11-15)28-3)29-13-19(22)25/h5-11H,4,12-13H2,1-3H3,(H2,22,25)(H,23,26). The monoisotopic (exact) mass is 399 g/mol. The van der Waals surface area contributed by atoms with E-state index >= 15 is 0 Å². The first-order chi connectivity index (χ1) is 13.8. The third-order valence-electron chi connectivity index (χ3n) is 4.18. The quantitative estimate of drug-likeness (QED) is 0.668. The van der Waals surface area contributed by atoms with Crippen LogP contribution in [-0.4, -0.2) is 49.9 Å². The molecule has 154 valence electrons. The summed E-state index contributed by atoms with van der Waals surface area (Å²) >= 11 is 0. The third kappa shape index (κ3) is 5.97. The minimum absolute atomic E-state index is 0.112. The van der Waals surface area contributed by atoms with Gasteiger partial charge in [0.1, 0.15) is 0 Å². The lowest BCUT2D eigenvalue weighted by Gasteiger charge is -2.18. The van der Waals surface area contributed by atoms with E-state index in [2.05, 4.69) is 5.32 Å². The molecule has 3 amide bonds. The highest BCUT2D eigenvalue weighted by molar-refractivity contribution is 5.99. The number of para-hydroxylation sites is 1. The van der Waals surface area contributed by atoms with Crippen molar-refractivity contribution in [3.05, 3.63) is 53.6 Å². The van der Waals surface area contributed by atoms with Crippen LogP contribution in [0.3, 0.4) is 0 Å². The molecule has 0 saturated heterocycles. The largest absolute Gasteiger partial charge is 0.493 e. The molecule has 0 aromatic heterocycles. The van der Waals surface area contributed by atoms with Crippen molar-refractivity contribution in [3.8, 4) is 11.5 Å². The highest BCUT2D eigenvalue weighted by atomic mass is 16.5. The Morgan fingerprint density at radius 3 is 2.48 bits per heavy atom. The van der Waals surface area contributed by atoms with E-state index in [-0.39, 0.29) is 30.7 Å². The van der Waals surface area contributed by atoms with Gasteiger partial charge in [0.25, 0.3) is 11.8 Å². The van der Waals surface area contributed by atoms with Crippen molar-refractivity contribution < 1.29 is 23.9 Å². The summed E-state index contributed by atoms with van der Waals surface area (Å²) in [5.74, 6) is -0.701. The maximum atomic E-state index is 12.7. The van der Waals surface area contributed by atoms with Crippen molar-refractivity contribution >= 4 is 23.4 Å². The SMILES string of the molecule is CCc1ccccc1NC(=O)CN(C)C(=O)c1ccc(OCC(N)=O)c(OC)c1. The van der Waals surface area contributed by atoms with Gasteiger partial charge in [0, 0.05) is 18.3 Å². The lowest BCUT2D eigenvalue weighted by atomic mass is 10.1. The fraction of sp³-hybridized carbons (Fsp3) is 0.286. The molecule has 0 atom stereocenters. The van der Waals surface area contributed by atoms with Gasteiger partial charge in [-0.1, -0.05) is 25.1 Å². The molecule has 8 nitrogen and oxygen atoms in total. The number of nitrogens with two attached hydrogens (primary N) is 1. The molecule has 2 aromatic rings. The number of anilines is 1. The second-order valence-corrected chi connectivity index (χ2v) is 6.34. The number of carbonyl (C=O) groups is 3. The number of ether oxygens (including phenoxy) is 2. The number of amides is 3. The number of benzene rings is 2. The van der Waals surface area contributed by atoms with Crippen LogP contribution in [0.25, 0.3) is 0 Å². The van der Waals surface area contributed by atoms with Gasteiger partial charge in [0.05, 0.1) is 13.7 Å². The van der Waals surface area contributed by atoms with Crippen molar-refractivity contribution in [3.63, 3.8) is 0 Å². The van der Waals surface area contributed by atoms with Crippen molar-refractivity contribution in [2.24, 2.45) is 5.73 Å². The van der Waals surface area contributed by atoms with E-state index in [0.29, 0.717) is 11.3 Å². The molecule has 29 heavy (non-hydrogen) atoms. The lowest BCUT2D eigenvalue weighted by molar-refractivity contribution is -0.120. The van der Waals surface area contributed by atoms with Gasteiger partial charge in [-0.05, 0) is 36.2 Å². The van der Waals surface area contributed by atoms with E-state index in [0.717, 1.165) is 17.7 Å². The molecule has 0 aliphatic heterocycles. The van der Waals surface area contributed by atoms with Gasteiger partial charge in [-0.15, -0.1) is 0 Å². The molecule has 0 unspecified atom stereocenters. The van der Waals surface area contributed by atoms with Crippen molar-refractivity contribution in [2.45, 2.75) is 13.3 Å². The summed E-state index contributed by atoms with van der Waals surface area (Å²) in [5.41, 5.74) is 7.14. The second-order valence-electron chi connectivity index (χ2n) is 6.34. The maximum Gasteiger partial charge on any atom is 0.255 e. The van der Waals surface area contributed by atoms with Crippen molar-refractivity contribution in [1.82, 2.24) is 4.90 Å². The summed E-state index contributed by atoms with van der Waals surface area (Å²) in [4.78, 5) is 37.2. The van der Waals surface area contributed by atoms with Gasteiger partial charge in [-0.3, -0.25) is 14.4 Å². The fourth-order valence-corrected chi connectivity index (χ4v) is 2.72. The molecule has 0 saturated carbocycles. The minimum atomic E-state index is -0.623. The van der Waals surface area contributed by atoms with Gasteiger partial charge >= 0.3 is 0 Å². The fourth-order valence-electron chi connectivity index (χ4n) is 2.72. The van der Waals surface area contributed by atoms with Gasteiger partial charge in [0.15, 0.2) is 18.1 Å². The van der Waals surface area contributed by atoms with Gasteiger partial charge in [0.2, 0.25) is 5.91 Å². The van der Waals surface area contributed by atoms with E-state index < -0.39 is 5.91 Å². The topological polar surface area (TPSA) is 111 Å². The van der Waals surface area contributed by atoms with Crippen LogP contribution in [0, 0.1) is 0 Å². The molecule has 2 rings (SSSR count). The maximum absolute atomic E-state index is 12.7. The summed E-state index contributed by atoms with van der Waals surface area (Å²) in [6.07, 6.45) is 0.787. The van der Waals surface area contributed by atoms with E-state index in [1.54, 1.807) is 0 Å². The van der Waals surface area contributed by atoms with E-state index in [1.807, 2.05) is 31.2 Å². The van der Waals surface area contributed by atoms with Crippen LogP contribution >= 0.6 is 0 Å². The molecule has 0 aliphatic rings. The Bertz CT molecular complexity index is 898. The lowest BCUT2D eigenvalue weighted by Crippen LogP contribution is -2.35. The number of likely N-dealkylation sites (N-methyl/N-ethyl adjacent to an activating group) is 1. The molecular formula is C21H25N3O5. The van der Waals surface area contributed by atoms with E-state index in [1.165, 1.54) is 37.3 Å². The average molecular weight is 399 g/mol. The van der Waals surface area contributed by atoms with Crippen LogP contribution < -0.4 is 20.5 Å². The van der Waals surface area contributed by atoms with Crippen molar-refractivity contribution in [2.75, 3.05) is 32.6 Å². The average Bonchev–Trinajstić information content (AvgIpc) is 2.71. The summed E-state index contributed by atoms with van der Waals surface area (Å²) in [6, 6.07) is 12.1. The summed E-state index contributed by atoms with van der Waals surface area (Å²) < 4.78 is 10.5. The van der Waals surface area contributed by atoms with E-state index in [4.69, 9.17) is 15.2 Å². The molecule has 2 aromatic carbocycles. The molecule has 0 fully saturated rings. The van der Waals surface area contributed by atoms with Gasteiger partial charge in [-0.25, -0.2) is 0 Å². The molecule has 0 bridgehead atoms. The van der Waals surface area contributed by atoms with E-state index in [9.17, 15) is 14.4 Å². The Morgan fingerprint density at radius 1 is 1.10 bits per heavy atom. The van der Waals surface area contributed by atoms with Crippen LogP contribution in [0.2, 0.25) is 0 Å². The van der Waals surface area contributed by atoms with Gasteiger partial charge < -0.3 is 25.4 Å². The number of primary amides is 1. The van der Waals surface area contributed by atoms with Gasteiger partial charge in [-0.2, -0.15) is 0 Å². The molecule has 0 heterocycles. The van der Waals surface area contributed by atoms with Crippen LogP contribution in [0.4, 0.5) is 5.69 Å². The molecule has 0 aliphatic carbocycles. The summed E-state index contributed by atoms with van der Waals surface area (Å²) in [5, 5.41) is 2.84. The highest BCUT2D eigenvalue weighted by Gasteiger charge is 2.18. The van der Waals surface area contributed by atoms with Crippen LogP contribution in [0.15, 0.2) is 42.5 Å². The molecular weight excluding hydrogens is 374 g/mol. The Balaban J connectivity index is 2.05. The molecule has 0 radical (unpaired) electrons. The number of aryl methyl sites for hydroxylation is 1. The number of rotatable bonds is 9. The predicted molar refractivity (Wildman–Crippen MR) is 109 cm³/mol. The minimum Gasteiger partial charge on any atom is -0.493 e. The van der Waals surface area contributed by atoms with Crippen LogP contribution in [-0.2, 0) is 16.0 Å². The number of carbonyl (C=O) groups excluding carboxylic acids is 3. The zero-order valence-corrected chi connectivity index (χ0v) is 16.7. The zero-order chi connectivity index (χ0) is 21.4. The number of methoxy groups -OCH3 is 1. The number of hydrogen-bond acceptors (Lipinski definition) is 5. The molecule has 8 heteroatoms. The number of hydrogen-bond donors (Lipinski definition) is 2. The Labute approximate surface area is 169 Å². The first-order valence-electron chi connectivity index (χ1n) is 9.08. The molecule has 0 spiro atoms. The smallest absolute Gasteiger partial charge is 0.255 e. The highest BCUT2D eigenvalue weighted by Crippen LogP contribution is 2.28. The predicted octanol–water partition coefficient (Wildman–Crippen LogP) is 1.83. The Kier molecular flexibility index (Phi) is 7.59. The normalized spacial score (nSPS) is 10.2. The Hall–Kier alpha value is -3.55. The van der Waals surface area contributed by atoms with Crippen LogP contribution in [0.5, 0.6) is 11.5 Å². The third-order valence-corrected chi connectivity index (χ3v) is 4.18. The Morgan fingerprint density at radius 2 is 1.83 bits per heavy atom. The van der Waals surface area contributed by atoms with Crippen molar-refractivity contribution in [1.29, 1.82) is 0 Å². The second kappa shape index (κ2) is 10.1. The molecule has 3 N–H and O–H groups in total. The zero-order valence-electron chi connectivity index (χ0n) is 16.7. The summed E-state index contributed by atoms with van der Waals surface area (Å²) in [7, 11) is 2.96. The first-order valence-corrected chi connectivity index (χ1v) is 9.08. The summed E-state index contributed by atoms with van der Waals surface area (Å²) in [6.45, 7) is 1.59. The van der Waals surface area contributed by atoms with Crippen LogP contribution in [0.1, 0.15) is 22.8 Å².